The number of hydrogen-bond acceptors (Lipinski definition) is 3. The van der Waals surface area contributed by atoms with Gasteiger partial charge in [-0.3, -0.25) is 4.98 Å². The molecule has 0 fully saturated rings. The number of fused-ring (bicyclic) bond motifs is 6. The first-order chi connectivity index (χ1) is 31.9. The molecule has 0 N–H and O–H groups in total. The summed E-state index contributed by atoms with van der Waals surface area (Å²) in [6.45, 7) is 6.92. The van der Waals surface area contributed by atoms with Gasteiger partial charge in [-0.05, 0) is 127 Å². The Hall–Kier alpha value is -8.01. The number of rotatable bonds is 7. The molecule has 0 amide bonds. The average Bonchev–Trinajstić information content (AvgIpc) is 3.79. The Morgan fingerprint density at radius 1 is 0.354 bits per heavy atom. The summed E-state index contributed by atoms with van der Waals surface area (Å²) in [5.74, 6) is 0.695. The third-order valence-electron chi connectivity index (χ3n) is 13.9. The Balaban J connectivity index is 1.10. The van der Waals surface area contributed by atoms with Crippen molar-refractivity contribution in [2.24, 2.45) is 0 Å². The van der Waals surface area contributed by atoms with E-state index in [1.165, 1.54) is 61.2 Å². The van der Waals surface area contributed by atoms with Crippen molar-refractivity contribution in [3.05, 3.63) is 258 Å². The minimum Gasteiger partial charge on any atom is -0.264 e. The molecule has 2 aliphatic carbocycles. The Labute approximate surface area is 380 Å². The first-order valence-electron chi connectivity index (χ1n) is 22.5. The van der Waals surface area contributed by atoms with Gasteiger partial charge in [0.25, 0.3) is 0 Å². The Bertz CT molecular complexity index is 3350. The molecule has 2 aromatic heterocycles. The minimum atomic E-state index is -0.571. The normalized spacial score (nSPS) is 15.2. The maximum atomic E-state index is 5.35. The molecule has 0 bridgehead atoms. The molecule has 1 unspecified atom stereocenters. The lowest BCUT2D eigenvalue weighted by Gasteiger charge is -2.33. The fraction of sp³-hybridized carbons (Fsp3) is 0.0806. The molecule has 3 heteroatoms. The molecule has 0 aliphatic heterocycles. The molecule has 0 saturated heterocycles. The highest BCUT2D eigenvalue weighted by Gasteiger charge is 2.46. The molecular weight excluding hydrogens is 787 g/mol. The number of aryl methyl sites for hydroxylation is 1. The molecule has 2 heterocycles. The highest BCUT2D eigenvalue weighted by Crippen LogP contribution is 2.57. The van der Waals surface area contributed by atoms with Crippen LogP contribution in [0, 0.1) is 6.92 Å². The van der Waals surface area contributed by atoms with Crippen LogP contribution in [0.3, 0.4) is 0 Å². The molecule has 8 aromatic carbocycles. The van der Waals surface area contributed by atoms with Crippen molar-refractivity contribution >= 4 is 0 Å². The predicted octanol–water partition coefficient (Wildman–Crippen LogP) is 15.2. The minimum absolute atomic E-state index is 0.142. The maximum absolute atomic E-state index is 5.35. The van der Waals surface area contributed by atoms with Crippen LogP contribution in [0.15, 0.2) is 219 Å². The van der Waals surface area contributed by atoms with Gasteiger partial charge in [0.05, 0.1) is 16.8 Å². The number of benzene rings is 8. The highest BCUT2D eigenvalue weighted by atomic mass is 14.9. The van der Waals surface area contributed by atoms with Gasteiger partial charge < -0.3 is 0 Å². The van der Waals surface area contributed by atoms with Gasteiger partial charge in [0.2, 0.25) is 0 Å². The number of hydrogen-bond donors (Lipinski definition) is 0. The summed E-state index contributed by atoms with van der Waals surface area (Å²) in [5.41, 5.74) is 22.7. The quantitative estimate of drug-likeness (QED) is 0.161. The van der Waals surface area contributed by atoms with Crippen molar-refractivity contribution in [2.45, 2.75) is 31.6 Å². The average molecular weight is 832 g/mol. The van der Waals surface area contributed by atoms with Crippen molar-refractivity contribution in [3.8, 4) is 78.4 Å². The van der Waals surface area contributed by atoms with Crippen molar-refractivity contribution in [1.82, 2.24) is 15.0 Å². The zero-order chi connectivity index (χ0) is 43.7. The fourth-order valence-electron chi connectivity index (χ4n) is 10.7. The second kappa shape index (κ2) is 15.1. The van der Waals surface area contributed by atoms with E-state index in [4.69, 9.17) is 15.0 Å². The summed E-state index contributed by atoms with van der Waals surface area (Å²) in [4.78, 5) is 15.2. The lowest BCUT2D eigenvalue weighted by Crippen LogP contribution is -2.28. The van der Waals surface area contributed by atoms with Crippen LogP contribution in [0.4, 0.5) is 0 Å². The van der Waals surface area contributed by atoms with E-state index in [0.29, 0.717) is 5.82 Å². The van der Waals surface area contributed by atoms with E-state index in [0.717, 1.165) is 50.3 Å². The van der Waals surface area contributed by atoms with Crippen LogP contribution >= 0.6 is 0 Å². The van der Waals surface area contributed by atoms with Gasteiger partial charge in [-0.2, -0.15) is 0 Å². The number of nitrogens with zero attached hydrogens (tertiary/aromatic N) is 3. The van der Waals surface area contributed by atoms with E-state index in [1.807, 2.05) is 36.7 Å². The lowest BCUT2D eigenvalue weighted by atomic mass is 9.68. The van der Waals surface area contributed by atoms with Gasteiger partial charge >= 0.3 is 0 Å². The van der Waals surface area contributed by atoms with Crippen molar-refractivity contribution < 1.29 is 0 Å². The largest absolute Gasteiger partial charge is 0.264 e. The van der Waals surface area contributed by atoms with Gasteiger partial charge in [0.1, 0.15) is 0 Å². The van der Waals surface area contributed by atoms with E-state index in [1.54, 1.807) is 0 Å². The summed E-state index contributed by atoms with van der Waals surface area (Å²) in [5, 5.41) is 0. The Kier molecular flexibility index (Phi) is 8.96. The van der Waals surface area contributed by atoms with Crippen molar-refractivity contribution in [2.75, 3.05) is 0 Å². The zero-order valence-corrected chi connectivity index (χ0v) is 36.6. The Morgan fingerprint density at radius 3 is 1.55 bits per heavy atom. The lowest BCUT2D eigenvalue weighted by molar-refractivity contribution is 0.660. The molecule has 2 aliphatic rings. The summed E-state index contributed by atoms with van der Waals surface area (Å²) < 4.78 is 0. The summed E-state index contributed by atoms with van der Waals surface area (Å²) in [7, 11) is 0. The molecule has 65 heavy (non-hydrogen) atoms. The second-order valence-corrected chi connectivity index (χ2v) is 18.1. The topological polar surface area (TPSA) is 38.7 Å². The molecule has 12 rings (SSSR count). The summed E-state index contributed by atoms with van der Waals surface area (Å²) >= 11 is 0. The van der Waals surface area contributed by atoms with E-state index >= 15 is 0 Å². The summed E-state index contributed by atoms with van der Waals surface area (Å²) in [6, 6.07) is 75.1. The fourth-order valence-corrected chi connectivity index (χ4v) is 10.7. The van der Waals surface area contributed by atoms with Gasteiger partial charge in [0, 0.05) is 34.5 Å². The molecule has 308 valence electrons. The predicted molar refractivity (Wildman–Crippen MR) is 267 cm³/mol. The van der Waals surface area contributed by atoms with Gasteiger partial charge in [0.15, 0.2) is 5.82 Å². The molecule has 0 spiro atoms. The molecule has 3 nitrogen and oxygen atoms in total. The zero-order valence-electron chi connectivity index (χ0n) is 36.6. The maximum Gasteiger partial charge on any atom is 0.160 e. The van der Waals surface area contributed by atoms with Crippen molar-refractivity contribution in [1.29, 1.82) is 0 Å². The van der Waals surface area contributed by atoms with Crippen LogP contribution in [0.2, 0.25) is 0 Å². The van der Waals surface area contributed by atoms with E-state index in [-0.39, 0.29) is 5.41 Å². The molecule has 1 atom stereocenters. The molecular formula is C62H45N3. The monoisotopic (exact) mass is 831 g/mol. The highest BCUT2D eigenvalue weighted by molar-refractivity contribution is 5.91. The van der Waals surface area contributed by atoms with Crippen LogP contribution in [0.5, 0.6) is 0 Å². The second-order valence-electron chi connectivity index (χ2n) is 18.1. The molecule has 10 aromatic rings. The van der Waals surface area contributed by atoms with Gasteiger partial charge in [-0.15, -0.1) is 0 Å². The first-order valence-corrected chi connectivity index (χ1v) is 22.5. The smallest absolute Gasteiger partial charge is 0.160 e. The number of pyridine rings is 1. The van der Waals surface area contributed by atoms with Crippen LogP contribution in [0.25, 0.3) is 78.4 Å². The standard InChI is InChI=1S/C62H45N3/c1-40-25-28-51-52-29-26-43(36-56(52)61(2,3)55(51)32-40)45-33-46(35-47(34-45)59-38-58(41-16-7-4-8-17-41)64-60(65-59)42-18-9-5-10-19-42)44-27-30-53-50-23-13-14-24-54(50)62(57(53)37-44,48-20-11-6-12-21-48)49-22-15-31-63-39-49/h4-39H,1-3H3. The van der Waals surface area contributed by atoms with E-state index < -0.39 is 5.41 Å². The van der Waals surface area contributed by atoms with Crippen molar-refractivity contribution in [3.63, 3.8) is 0 Å². The summed E-state index contributed by atoms with van der Waals surface area (Å²) in [6.07, 6.45) is 3.91. The van der Waals surface area contributed by atoms with Gasteiger partial charge in [-0.1, -0.05) is 183 Å². The van der Waals surface area contributed by atoms with Gasteiger partial charge in [-0.25, -0.2) is 9.97 Å². The SMILES string of the molecule is Cc1ccc2c(c1)C(C)(C)c1cc(-c3cc(-c4ccc5c(c4)C(c4ccccc4)(c4cccnc4)c4ccccc4-5)cc(-c4cc(-c5ccccc5)nc(-c5ccccc5)n4)c3)ccc1-2. The van der Waals surface area contributed by atoms with Crippen LogP contribution < -0.4 is 0 Å². The van der Waals surface area contributed by atoms with Crippen LogP contribution in [0.1, 0.15) is 52.8 Å². The Morgan fingerprint density at radius 2 is 0.877 bits per heavy atom. The third-order valence-corrected chi connectivity index (χ3v) is 13.9. The molecule has 0 radical (unpaired) electrons. The third kappa shape index (κ3) is 6.22. The van der Waals surface area contributed by atoms with Crippen LogP contribution in [-0.4, -0.2) is 15.0 Å². The molecule has 0 saturated carbocycles. The van der Waals surface area contributed by atoms with E-state index in [2.05, 4.69) is 203 Å². The first kappa shape index (κ1) is 38.6. The number of aromatic nitrogens is 3. The van der Waals surface area contributed by atoms with Crippen LogP contribution in [-0.2, 0) is 10.8 Å². The van der Waals surface area contributed by atoms with E-state index in [9.17, 15) is 0 Å².